The predicted octanol–water partition coefficient (Wildman–Crippen LogP) is 1.87. The molecule has 2 saturated heterocycles. The van der Waals surface area contributed by atoms with Crippen molar-refractivity contribution in [3.05, 3.63) is 0 Å². The van der Waals surface area contributed by atoms with E-state index in [0.717, 1.165) is 12.5 Å². The summed E-state index contributed by atoms with van der Waals surface area (Å²) in [6, 6.07) is 2.05. The molecule has 0 unspecified atom stereocenters. The van der Waals surface area contributed by atoms with Gasteiger partial charge in [-0.25, -0.2) is 0 Å². The Bertz CT molecular complexity index is 316. The first-order valence-electron chi connectivity index (χ1n) is 7.62. The van der Waals surface area contributed by atoms with Crippen molar-refractivity contribution in [2.75, 3.05) is 19.7 Å². The summed E-state index contributed by atoms with van der Waals surface area (Å²) in [4.78, 5) is 2.59. The molecular weight excluding hydrogens is 224 g/mol. The van der Waals surface area contributed by atoms with Crippen LogP contribution in [0.2, 0.25) is 0 Å². The average Bonchev–Trinajstić information content (AvgIpc) is 2.94. The van der Waals surface area contributed by atoms with E-state index < -0.39 is 0 Å². The highest BCUT2D eigenvalue weighted by Gasteiger charge is 2.59. The van der Waals surface area contributed by atoms with Crippen LogP contribution in [0.1, 0.15) is 40.5 Å². The number of rotatable bonds is 3. The van der Waals surface area contributed by atoms with Crippen LogP contribution in [0.5, 0.6) is 0 Å². The van der Waals surface area contributed by atoms with E-state index >= 15 is 0 Å². The third-order valence-electron chi connectivity index (χ3n) is 5.47. The van der Waals surface area contributed by atoms with Gasteiger partial charge in [0.15, 0.2) is 0 Å². The highest BCUT2D eigenvalue weighted by molar-refractivity contribution is 5.12. The summed E-state index contributed by atoms with van der Waals surface area (Å²) in [5, 5.41) is 3.94. The number of nitrogens with zero attached hydrogens (tertiary/aromatic N) is 1. The number of hydrogen-bond donors (Lipinski definition) is 1. The Hall–Kier alpha value is -0.120. The van der Waals surface area contributed by atoms with Crippen molar-refractivity contribution in [2.45, 2.75) is 64.8 Å². The van der Waals surface area contributed by atoms with E-state index in [-0.39, 0.29) is 0 Å². The van der Waals surface area contributed by atoms with Crippen LogP contribution >= 0.6 is 0 Å². The lowest BCUT2D eigenvalue weighted by atomic mass is 9.57. The van der Waals surface area contributed by atoms with Gasteiger partial charge in [-0.15, -0.1) is 0 Å². The monoisotopic (exact) mass is 252 g/mol. The van der Waals surface area contributed by atoms with Crippen LogP contribution in [0.15, 0.2) is 0 Å². The number of fused-ring (bicyclic) bond motifs is 1. The average molecular weight is 252 g/mol. The van der Waals surface area contributed by atoms with E-state index in [0.29, 0.717) is 29.6 Å². The highest BCUT2D eigenvalue weighted by Crippen LogP contribution is 2.52. The molecule has 2 heterocycles. The standard InChI is InChI=1S/C15H28N2O/c1-10(2)17-7-5-11(9-17)16-13-12-6-8-18-14(12)15(13,3)4/h10-14,16H,5-9H2,1-4H3/t11-,12-,13+,14-/m0/s1. The van der Waals surface area contributed by atoms with E-state index in [4.69, 9.17) is 4.74 Å². The SMILES string of the molecule is CC(C)N1CC[C@H](N[C@@H]2[C@@H]3CCO[C@@H]3C2(C)C)C1. The van der Waals surface area contributed by atoms with Crippen molar-refractivity contribution in [1.29, 1.82) is 0 Å². The fourth-order valence-corrected chi connectivity index (χ4v) is 4.31. The maximum Gasteiger partial charge on any atom is 0.0685 e. The van der Waals surface area contributed by atoms with Gasteiger partial charge in [-0.05, 0) is 33.2 Å². The van der Waals surface area contributed by atoms with Gasteiger partial charge in [-0.3, -0.25) is 4.90 Å². The maximum atomic E-state index is 5.87. The first-order valence-corrected chi connectivity index (χ1v) is 7.62. The molecule has 0 radical (unpaired) electrons. The Morgan fingerprint density at radius 3 is 2.72 bits per heavy atom. The zero-order valence-corrected chi connectivity index (χ0v) is 12.3. The van der Waals surface area contributed by atoms with E-state index in [9.17, 15) is 0 Å². The van der Waals surface area contributed by atoms with Gasteiger partial charge in [-0.1, -0.05) is 13.8 Å². The topological polar surface area (TPSA) is 24.5 Å². The smallest absolute Gasteiger partial charge is 0.0685 e. The molecule has 18 heavy (non-hydrogen) atoms. The summed E-state index contributed by atoms with van der Waals surface area (Å²) in [6.07, 6.45) is 3.08. The lowest BCUT2D eigenvalue weighted by Crippen LogP contribution is -2.67. The highest BCUT2D eigenvalue weighted by atomic mass is 16.5. The van der Waals surface area contributed by atoms with Crippen LogP contribution in [0.25, 0.3) is 0 Å². The van der Waals surface area contributed by atoms with Gasteiger partial charge < -0.3 is 10.1 Å². The molecule has 0 bridgehead atoms. The summed E-state index contributed by atoms with van der Waals surface area (Å²) >= 11 is 0. The van der Waals surface area contributed by atoms with Crippen LogP contribution in [0.3, 0.4) is 0 Å². The Labute approximate surface area is 111 Å². The van der Waals surface area contributed by atoms with Crippen LogP contribution < -0.4 is 5.32 Å². The second kappa shape index (κ2) is 4.46. The molecule has 3 fully saturated rings. The quantitative estimate of drug-likeness (QED) is 0.830. The van der Waals surface area contributed by atoms with Gasteiger partial charge in [0.2, 0.25) is 0 Å². The molecule has 104 valence electrons. The summed E-state index contributed by atoms with van der Waals surface area (Å²) in [5.41, 5.74) is 0.326. The second-order valence-electron chi connectivity index (χ2n) is 7.28. The lowest BCUT2D eigenvalue weighted by Gasteiger charge is -2.55. The van der Waals surface area contributed by atoms with Gasteiger partial charge in [0.05, 0.1) is 6.10 Å². The van der Waals surface area contributed by atoms with E-state index in [1.807, 2.05) is 0 Å². The molecule has 0 aromatic heterocycles. The Kier molecular flexibility index (Phi) is 3.20. The molecule has 4 atom stereocenters. The van der Waals surface area contributed by atoms with Crippen molar-refractivity contribution in [2.24, 2.45) is 11.3 Å². The third kappa shape index (κ3) is 1.91. The minimum Gasteiger partial charge on any atom is -0.377 e. The summed E-state index contributed by atoms with van der Waals surface area (Å²) in [7, 11) is 0. The van der Waals surface area contributed by atoms with Crippen LogP contribution in [-0.4, -0.2) is 48.8 Å². The molecule has 0 aromatic carbocycles. The molecule has 0 amide bonds. The summed E-state index contributed by atoms with van der Waals surface area (Å²) in [6.45, 7) is 12.8. The molecule has 0 spiro atoms. The molecule has 3 aliphatic rings. The van der Waals surface area contributed by atoms with Gasteiger partial charge in [-0.2, -0.15) is 0 Å². The fraction of sp³-hybridized carbons (Fsp3) is 1.00. The van der Waals surface area contributed by atoms with Crippen molar-refractivity contribution in [1.82, 2.24) is 10.2 Å². The van der Waals surface area contributed by atoms with Crippen molar-refractivity contribution >= 4 is 0 Å². The number of likely N-dealkylation sites (tertiary alicyclic amines) is 1. The van der Waals surface area contributed by atoms with Gasteiger partial charge in [0.25, 0.3) is 0 Å². The number of nitrogens with one attached hydrogen (secondary N) is 1. The van der Waals surface area contributed by atoms with E-state index in [1.165, 1.54) is 25.9 Å². The second-order valence-corrected chi connectivity index (χ2v) is 7.28. The Morgan fingerprint density at radius 1 is 1.28 bits per heavy atom. The van der Waals surface area contributed by atoms with E-state index in [1.54, 1.807) is 0 Å². The van der Waals surface area contributed by atoms with Gasteiger partial charge >= 0.3 is 0 Å². The predicted molar refractivity (Wildman–Crippen MR) is 73.7 cm³/mol. The maximum absolute atomic E-state index is 5.87. The first kappa shape index (κ1) is 12.9. The molecule has 1 N–H and O–H groups in total. The minimum atomic E-state index is 0.326. The minimum absolute atomic E-state index is 0.326. The zero-order chi connectivity index (χ0) is 12.9. The molecule has 0 aromatic rings. The molecular formula is C15H28N2O. The Morgan fingerprint density at radius 2 is 2.06 bits per heavy atom. The zero-order valence-electron chi connectivity index (χ0n) is 12.3. The third-order valence-corrected chi connectivity index (χ3v) is 5.47. The molecule has 3 nitrogen and oxygen atoms in total. The fourth-order valence-electron chi connectivity index (χ4n) is 4.31. The van der Waals surface area contributed by atoms with Crippen LogP contribution in [0.4, 0.5) is 0 Å². The molecule has 1 saturated carbocycles. The lowest BCUT2D eigenvalue weighted by molar-refractivity contribution is -0.115. The van der Waals surface area contributed by atoms with Crippen LogP contribution in [0, 0.1) is 11.3 Å². The molecule has 3 rings (SSSR count). The van der Waals surface area contributed by atoms with Crippen molar-refractivity contribution < 1.29 is 4.74 Å². The molecule has 1 aliphatic carbocycles. The Balaban J connectivity index is 1.58. The summed E-state index contributed by atoms with van der Waals surface area (Å²) in [5.74, 6) is 0.771. The normalized spacial score (nSPS) is 43.2. The largest absolute Gasteiger partial charge is 0.377 e. The molecule has 2 aliphatic heterocycles. The number of hydrogen-bond acceptors (Lipinski definition) is 3. The first-order chi connectivity index (χ1) is 8.50. The van der Waals surface area contributed by atoms with Gasteiger partial charge in [0.1, 0.15) is 0 Å². The molecule has 3 heteroatoms. The number of ether oxygens (including phenoxy) is 1. The van der Waals surface area contributed by atoms with E-state index in [2.05, 4.69) is 37.9 Å². The summed E-state index contributed by atoms with van der Waals surface area (Å²) < 4.78 is 5.87. The van der Waals surface area contributed by atoms with Crippen molar-refractivity contribution in [3.8, 4) is 0 Å². The van der Waals surface area contributed by atoms with Crippen LogP contribution in [-0.2, 0) is 4.74 Å². The van der Waals surface area contributed by atoms with Crippen molar-refractivity contribution in [3.63, 3.8) is 0 Å². The van der Waals surface area contributed by atoms with Gasteiger partial charge in [0, 0.05) is 42.6 Å².